The van der Waals surface area contributed by atoms with Crippen LogP contribution < -0.4 is 5.32 Å². The molecule has 0 radical (unpaired) electrons. The van der Waals surface area contributed by atoms with E-state index in [4.69, 9.17) is 0 Å². The molecule has 0 aliphatic heterocycles. The van der Waals surface area contributed by atoms with Crippen molar-refractivity contribution in [3.63, 3.8) is 0 Å². The summed E-state index contributed by atoms with van der Waals surface area (Å²) in [5.41, 5.74) is 0.527. The summed E-state index contributed by atoms with van der Waals surface area (Å²) in [4.78, 5) is 2.64. The largest absolute Gasteiger partial charge is 0.316 e. The first-order chi connectivity index (χ1) is 9.56. The molecule has 120 valence electrons. The van der Waals surface area contributed by atoms with Crippen LogP contribution in [0.25, 0.3) is 0 Å². The number of nitrogens with one attached hydrogen (secondary N) is 1. The SMILES string of the molecule is CCCNCC1(CN(C)C(CC)CC)CCC(C)CC1. The van der Waals surface area contributed by atoms with Crippen molar-refractivity contribution in [3.8, 4) is 0 Å². The Morgan fingerprint density at radius 2 is 1.75 bits per heavy atom. The molecular weight excluding hydrogens is 244 g/mol. The van der Waals surface area contributed by atoms with E-state index < -0.39 is 0 Å². The monoisotopic (exact) mass is 282 g/mol. The normalized spacial score (nSPS) is 27.4. The summed E-state index contributed by atoms with van der Waals surface area (Å²) in [6, 6.07) is 0.761. The van der Waals surface area contributed by atoms with Crippen LogP contribution in [0.5, 0.6) is 0 Å². The van der Waals surface area contributed by atoms with Gasteiger partial charge in [-0.1, -0.05) is 40.5 Å². The van der Waals surface area contributed by atoms with Crippen molar-refractivity contribution in [2.24, 2.45) is 11.3 Å². The number of hydrogen-bond donors (Lipinski definition) is 1. The Kier molecular flexibility index (Phi) is 8.13. The molecular formula is C18H38N2. The summed E-state index contributed by atoms with van der Waals surface area (Å²) in [5.74, 6) is 0.938. The Bertz CT molecular complexity index is 240. The second-order valence-electron chi connectivity index (χ2n) is 7.24. The molecule has 0 spiro atoms. The van der Waals surface area contributed by atoms with Gasteiger partial charge in [0.05, 0.1) is 0 Å². The Hall–Kier alpha value is -0.0800. The molecule has 0 aromatic heterocycles. The van der Waals surface area contributed by atoms with E-state index in [2.05, 4.69) is 45.0 Å². The predicted octanol–water partition coefficient (Wildman–Crippen LogP) is 4.30. The molecule has 0 amide bonds. The fourth-order valence-electron chi connectivity index (χ4n) is 3.87. The van der Waals surface area contributed by atoms with Crippen LogP contribution in [0, 0.1) is 11.3 Å². The average Bonchev–Trinajstić information content (AvgIpc) is 2.44. The highest BCUT2D eigenvalue weighted by atomic mass is 15.1. The lowest BCUT2D eigenvalue weighted by Crippen LogP contribution is -2.47. The van der Waals surface area contributed by atoms with Crippen molar-refractivity contribution >= 4 is 0 Å². The summed E-state index contributed by atoms with van der Waals surface area (Å²) in [6.07, 6.45) is 9.47. The van der Waals surface area contributed by atoms with E-state index in [1.165, 1.54) is 64.6 Å². The summed E-state index contributed by atoms with van der Waals surface area (Å²) in [6.45, 7) is 13.0. The van der Waals surface area contributed by atoms with Gasteiger partial charge in [-0.05, 0) is 57.0 Å². The molecule has 0 aromatic carbocycles. The smallest absolute Gasteiger partial charge is 0.00872 e. The molecule has 1 N–H and O–H groups in total. The second-order valence-corrected chi connectivity index (χ2v) is 7.24. The van der Waals surface area contributed by atoms with Gasteiger partial charge in [0, 0.05) is 19.1 Å². The van der Waals surface area contributed by atoms with E-state index in [0.717, 1.165) is 12.0 Å². The van der Waals surface area contributed by atoms with Gasteiger partial charge in [0.1, 0.15) is 0 Å². The molecule has 20 heavy (non-hydrogen) atoms. The minimum atomic E-state index is 0.527. The van der Waals surface area contributed by atoms with E-state index in [1.807, 2.05) is 0 Å². The van der Waals surface area contributed by atoms with Gasteiger partial charge in [-0.15, -0.1) is 0 Å². The second kappa shape index (κ2) is 9.04. The molecule has 2 nitrogen and oxygen atoms in total. The van der Waals surface area contributed by atoms with Crippen LogP contribution in [-0.2, 0) is 0 Å². The van der Waals surface area contributed by atoms with E-state index >= 15 is 0 Å². The first kappa shape index (κ1) is 18.0. The van der Waals surface area contributed by atoms with Crippen LogP contribution in [-0.4, -0.2) is 37.6 Å². The van der Waals surface area contributed by atoms with Crippen molar-refractivity contribution in [1.82, 2.24) is 10.2 Å². The standard InChI is InChI=1S/C18H38N2/c1-6-13-19-14-18(11-9-16(4)10-12-18)15-20(5)17(7-2)8-3/h16-17,19H,6-15H2,1-5H3. The molecule has 0 aromatic rings. The molecule has 0 unspecified atom stereocenters. The Morgan fingerprint density at radius 3 is 2.25 bits per heavy atom. The number of rotatable bonds is 9. The van der Waals surface area contributed by atoms with Gasteiger partial charge in [-0.2, -0.15) is 0 Å². The van der Waals surface area contributed by atoms with Crippen LogP contribution in [0.1, 0.15) is 72.6 Å². The third kappa shape index (κ3) is 5.37. The van der Waals surface area contributed by atoms with Crippen LogP contribution in [0.3, 0.4) is 0 Å². The zero-order valence-corrected chi connectivity index (χ0v) is 14.7. The van der Waals surface area contributed by atoms with E-state index in [1.54, 1.807) is 0 Å². The fraction of sp³-hybridized carbons (Fsp3) is 1.00. The predicted molar refractivity (Wildman–Crippen MR) is 90.2 cm³/mol. The Morgan fingerprint density at radius 1 is 1.15 bits per heavy atom. The highest BCUT2D eigenvalue weighted by molar-refractivity contribution is 4.90. The number of nitrogens with zero attached hydrogens (tertiary/aromatic N) is 1. The molecule has 1 rings (SSSR count). The van der Waals surface area contributed by atoms with Gasteiger partial charge in [0.2, 0.25) is 0 Å². The van der Waals surface area contributed by atoms with Crippen molar-refractivity contribution in [1.29, 1.82) is 0 Å². The van der Waals surface area contributed by atoms with Crippen LogP contribution >= 0.6 is 0 Å². The molecule has 1 saturated carbocycles. The third-order valence-corrected chi connectivity index (χ3v) is 5.41. The molecule has 1 fully saturated rings. The Balaban J connectivity index is 2.62. The zero-order chi connectivity index (χ0) is 15.0. The first-order valence-electron chi connectivity index (χ1n) is 8.97. The van der Waals surface area contributed by atoms with Gasteiger partial charge in [-0.25, -0.2) is 0 Å². The van der Waals surface area contributed by atoms with E-state index in [-0.39, 0.29) is 0 Å². The molecule has 0 saturated heterocycles. The highest BCUT2D eigenvalue weighted by Gasteiger charge is 2.35. The van der Waals surface area contributed by atoms with Crippen molar-refractivity contribution in [3.05, 3.63) is 0 Å². The van der Waals surface area contributed by atoms with Crippen LogP contribution in [0.2, 0.25) is 0 Å². The molecule has 1 aliphatic rings. The maximum Gasteiger partial charge on any atom is 0.00872 e. The summed E-state index contributed by atoms with van der Waals surface area (Å²) in [7, 11) is 2.34. The average molecular weight is 283 g/mol. The van der Waals surface area contributed by atoms with Crippen LogP contribution in [0.15, 0.2) is 0 Å². The lowest BCUT2D eigenvalue weighted by Gasteiger charge is -2.44. The molecule has 1 aliphatic carbocycles. The lowest BCUT2D eigenvalue weighted by atomic mass is 9.70. The molecule has 0 atom stereocenters. The van der Waals surface area contributed by atoms with Gasteiger partial charge >= 0.3 is 0 Å². The quantitative estimate of drug-likeness (QED) is 0.634. The summed E-state index contributed by atoms with van der Waals surface area (Å²) in [5, 5.41) is 3.71. The van der Waals surface area contributed by atoms with Gasteiger partial charge in [0.15, 0.2) is 0 Å². The fourth-order valence-corrected chi connectivity index (χ4v) is 3.87. The highest BCUT2D eigenvalue weighted by Crippen LogP contribution is 2.39. The third-order valence-electron chi connectivity index (χ3n) is 5.41. The maximum atomic E-state index is 3.71. The molecule has 0 heterocycles. The summed E-state index contributed by atoms with van der Waals surface area (Å²) < 4.78 is 0. The van der Waals surface area contributed by atoms with Gasteiger partial charge in [-0.3, -0.25) is 0 Å². The maximum absolute atomic E-state index is 3.71. The number of hydrogen-bond acceptors (Lipinski definition) is 2. The van der Waals surface area contributed by atoms with Crippen molar-refractivity contribution in [2.45, 2.75) is 78.7 Å². The Labute approximate surface area is 127 Å². The zero-order valence-electron chi connectivity index (χ0n) is 14.7. The molecule has 0 bridgehead atoms. The summed E-state index contributed by atoms with van der Waals surface area (Å²) >= 11 is 0. The first-order valence-corrected chi connectivity index (χ1v) is 8.97. The van der Waals surface area contributed by atoms with E-state index in [9.17, 15) is 0 Å². The van der Waals surface area contributed by atoms with Gasteiger partial charge in [0.25, 0.3) is 0 Å². The minimum Gasteiger partial charge on any atom is -0.316 e. The van der Waals surface area contributed by atoms with Crippen molar-refractivity contribution < 1.29 is 0 Å². The van der Waals surface area contributed by atoms with E-state index in [0.29, 0.717) is 5.41 Å². The topological polar surface area (TPSA) is 15.3 Å². The van der Waals surface area contributed by atoms with Gasteiger partial charge < -0.3 is 10.2 Å². The lowest BCUT2D eigenvalue weighted by molar-refractivity contribution is 0.0762. The van der Waals surface area contributed by atoms with Crippen LogP contribution in [0.4, 0.5) is 0 Å². The minimum absolute atomic E-state index is 0.527. The molecule has 2 heteroatoms. The van der Waals surface area contributed by atoms with Crippen molar-refractivity contribution in [2.75, 3.05) is 26.7 Å².